The molecule has 0 saturated carbocycles. The van der Waals surface area contributed by atoms with Crippen LogP contribution in [0.1, 0.15) is 157 Å². The highest BCUT2D eigenvalue weighted by Crippen LogP contribution is 2.31. The third-order valence-corrected chi connectivity index (χ3v) is 18.8. The lowest BCUT2D eigenvalue weighted by Gasteiger charge is -2.40. The van der Waals surface area contributed by atoms with Gasteiger partial charge in [-0.15, -0.1) is 11.8 Å². The van der Waals surface area contributed by atoms with Crippen molar-refractivity contribution in [1.29, 1.82) is 0 Å². The summed E-state index contributed by atoms with van der Waals surface area (Å²) < 4.78 is 11.6. The molecular weight excluding hydrogens is 1240 g/mol. The molecular formula is C69H106N10O15S. The first-order valence-electron chi connectivity index (χ1n) is 33.3. The number of urea groups is 1. The highest BCUT2D eigenvalue weighted by atomic mass is 32.2. The lowest BCUT2D eigenvalue weighted by Crippen LogP contribution is -2.60. The van der Waals surface area contributed by atoms with Crippen LogP contribution in [0, 0.1) is 35.5 Å². The molecule has 1 aliphatic carbocycles. The maximum Gasteiger partial charge on any atom is 0.410 e. The summed E-state index contributed by atoms with van der Waals surface area (Å²) in [6.45, 7) is 18.0. The first kappa shape index (κ1) is 80.0. The van der Waals surface area contributed by atoms with E-state index in [9.17, 15) is 63.0 Å². The highest BCUT2D eigenvalue weighted by molar-refractivity contribution is 8.03. The molecule has 2 aromatic rings. The van der Waals surface area contributed by atoms with E-state index in [1.807, 2.05) is 19.9 Å². The summed E-state index contributed by atoms with van der Waals surface area (Å²) >= 11 is 1.25. The van der Waals surface area contributed by atoms with Crippen LogP contribution < -0.4 is 37.6 Å². The Morgan fingerprint density at radius 1 is 0.758 bits per heavy atom. The predicted molar refractivity (Wildman–Crippen MR) is 362 cm³/mol. The van der Waals surface area contributed by atoms with Gasteiger partial charge in [0.15, 0.2) is 11.6 Å². The van der Waals surface area contributed by atoms with Crippen LogP contribution in [0.5, 0.6) is 0 Å². The minimum atomic E-state index is -1.33. The van der Waals surface area contributed by atoms with Crippen LogP contribution in [0.25, 0.3) is 0 Å². The average molecular weight is 1350 g/mol. The number of anilines is 1. The van der Waals surface area contributed by atoms with Crippen LogP contribution in [0.4, 0.5) is 15.3 Å². The number of carbonyl (C=O) groups excluding carboxylic acids is 11. The van der Waals surface area contributed by atoms with Crippen molar-refractivity contribution in [2.45, 2.75) is 207 Å². The molecule has 13 atom stereocenters. The number of aliphatic hydroxyl groups is 2. The number of hydrogen-bond acceptors (Lipinski definition) is 16. The molecule has 1 saturated heterocycles. The third kappa shape index (κ3) is 23.4. The average Bonchev–Trinajstić information content (AvgIpc) is 1.82. The highest BCUT2D eigenvalue weighted by Gasteiger charge is 2.44. The van der Waals surface area contributed by atoms with Crippen molar-refractivity contribution in [1.82, 2.24) is 41.3 Å². The largest absolute Gasteiger partial charge is 0.445 e. The van der Waals surface area contributed by atoms with Gasteiger partial charge in [-0.25, -0.2) is 9.59 Å². The van der Waals surface area contributed by atoms with E-state index >= 15 is 0 Å². The number of nitrogens with zero attached hydrogens (tertiary/aromatic N) is 3. The number of likely N-dealkylation sites (N-methyl/N-ethyl adjacent to an activating group) is 2. The number of rotatable bonds is 38. The van der Waals surface area contributed by atoms with Crippen LogP contribution in [0.15, 0.2) is 65.6 Å². The molecule has 1 heterocycles. The first-order valence-corrected chi connectivity index (χ1v) is 34.5. The molecule has 2 aliphatic rings. The second-order valence-corrected chi connectivity index (χ2v) is 27.1. The minimum absolute atomic E-state index is 0.0818. The Labute approximate surface area is 564 Å². The maximum absolute atomic E-state index is 14.7. The molecule has 25 nitrogen and oxygen atoms in total. The standard InChI is InChI=1S/C69H106N10O15S/c1-15-42(8)59(52(81)37-55(83)79-35-23-28-50(79)62(93-13)43(9)63(86)72-44(10)60(84)46-24-18-16-19-25-46)77(11)67(90)57(40(4)5)76-66(89)58(41(6)7)78(12)69(92)94-38-45-30-32-47(33-31-45)73-64(87)49(27-22-34-71-68(70)91)74-65(88)56(39(2)3)75-54(82)29-21-17-20-26-48-51(80)36-53(95-14)61(48)85/h16,18-19,24-25,30-33,36,39-44,48-50,52,56-60,62,81,84H,15,17,20-23,26-29,34-35,37-38H2,1-14H3,(H,72,86)(H,73,87)(H,74,88)(H,75,82)(H,76,89)(H3,70,71,91)/t42-,43+,44+,48?,49-,50-,52+,56-,57-,58-,59-,60+,62+/m0/s1. The van der Waals surface area contributed by atoms with Crippen LogP contribution in [0.2, 0.25) is 0 Å². The van der Waals surface area contributed by atoms with Crippen LogP contribution in [-0.4, -0.2) is 185 Å². The van der Waals surface area contributed by atoms with Gasteiger partial charge >= 0.3 is 12.1 Å². The number of unbranched alkanes of at least 4 members (excludes halogenated alkanes) is 2. The number of nitrogens with two attached hydrogens (primary N) is 1. The first-order chi connectivity index (χ1) is 44.9. The number of methoxy groups -OCH3 is 1. The van der Waals surface area contributed by atoms with E-state index in [1.54, 1.807) is 115 Å². The van der Waals surface area contributed by atoms with Crippen LogP contribution in [0.3, 0.4) is 0 Å². The van der Waals surface area contributed by atoms with E-state index in [4.69, 9.17) is 15.2 Å². The number of nitrogens with one attached hydrogen (secondary N) is 6. The van der Waals surface area contributed by atoms with Crippen molar-refractivity contribution >= 4 is 82.5 Å². The van der Waals surface area contributed by atoms with Crippen LogP contribution >= 0.6 is 11.8 Å². The minimum Gasteiger partial charge on any atom is -0.445 e. The number of allylic oxidation sites excluding steroid dienone is 2. The summed E-state index contributed by atoms with van der Waals surface area (Å²) in [6, 6.07) is 8.27. The smallest absolute Gasteiger partial charge is 0.410 e. The van der Waals surface area contributed by atoms with E-state index in [-0.39, 0.29) is 80.0 Å². The lowest BCUT2D eigenvalue weighted by atomic mass is 9.89. The maximum atomic E-state index is 14.7. The molecule has 1 aliphatic heterocycles. The number of thioether (sulfide) groups is 1. The summed E-state index contributed by atoms with van der Waals surface area (Å²) in [5, 5.41) is 39.5. The second kappa shape index (κ2) is 39.0. The molecule has 0 radical (unpaired) electrons. The molecule has 26 heteroatoms. The normalized spacial score (nSPS) is 18.2. The fourth-order valence-electron chi connectivity index (χ4n) is 12.3. The van der Waals surface area contributed by atoms with Crippen molar-refractivity contribution in [3.63, 3.8) is 0 Å². The van der Waals surface area contributed by atoms with Gasteiger partial charge in [-0.3, -0.25) is 48.1 Å². The molecule has 4 rings (SSSR count). The molecule has 2 aromatic carbocycles. The Bertz CT molecular complexity index is 2950. The molecule has 0 bridgehead atoms. The van der Waals surface area contributed by atoms with Gasteiger partial charge in [0, 0.05) is 46.4 Å². The van der Waals surface area contributed by atoms with Crippen molar-refractivity contribution in [3.8, 4) is 0 Å². The SMILES string of the molecule is CC[C@H](C)[C@@H]([C@H](O)CC(=O)N1CCC[C@H]1[C@H](OC)[C@@H](C)C(=O)N[C@H](C)[C@@H](O)c1ccccc1)N(C)C(=O)[C@@H](NC(=O)[C@H](C(C)C)N(C)C(=O)OCc1ccc(NC(=O)[C@H](CCCNC(N)=O)NC(=O)[C@@H](NC(=O)CCCCCC2C(=O)C=C(SC)C2=O)C(C)C)cc1)C(C)C. The number of amides is 10. The van der Waals surface area contributed by atoms with Crippen LogP contribution in [-0.2, 0) is 59.2 Å². The van der Waals surface area contributed by atoms with Gasteiger partial charge in [-0.1, -0.05) is 124 Å². The summed E-state index contributed by atoms with van der Waals surface area (Å²) in [5.74, 6) is -6.82. The lowest BCUT2D eigenvalue weighted by molar-refractivity contribution is -0.147. The Kier molecular flexibility index (Phi) is 32.8. The fourth-order valence-corrected chi connectivity index (χ4v) is 12.9. The number of ketones is 2. The number of primary amides is 1. The van der Waals surface area contributed by atoms with Crippen molar-refractivity contribution in [3.05, 3.63) is 76.7 Å². The monoisotopic (exact) mass is 1350 g/mol. The molecule has 95 heavy (non-hydrogen) atoms. The summed E-state index contributed by atoms with van der Waals surface area (Å²) in [7, 11) is 4.43. The summed E-state index contributed by atoms with van der Waals surface area (Å²) in [6.07, 6.45) is 3.13. The van der Waals surface area contributed by atoms with Gasteiger partial charge in [0.1, 0.15) is 30.8 Å². The van der Waals surface area contributed by atoms with E-state index < -0.39 is 120 Å². The number of carbonyl (C=O) groups is 11. The number of Topliss-reactive ketones (excluding diaryl/α,β-unsaturated/α-hetero) is 1. The zero-order valence-electron chi connectivity index (χ0n) is 57.9. The molecule has 528 valence electrons. The van der Waals surface area contributed by atoms with Crippen molar-refractivity contribution < 1.29 is 72.4 Å². The number of ether oxygens (including phenoxy) is 2. The topological polar surface area (TPSA) is 355 Å². The number of benzene rings is 2. The zero-order valence-corrected chi connectivity index (χ0v) is 58.8. The van der Waals surface area contributed by atoms with E-state index in [0.717, 1.165) is 4.90 Å². The predicted octanol–water partition coefficient (Wildman–Crippen LogP) is 5.90. The van der Waals surface area contributed by atoms with E-state index in [1.165, 1.54) is 43.9 Å². The van der Waals surface area contributed by atoms with E-state index in [0.29, 0.717) is 73.2 Å². The quantitative estimate of drug-likeness (QED) is 0.0279. The number of likely N-dealkylation sites (tertiary alicyclic amines) is 1. The van der Waals surface area contributed by atoms with Crippen molar-refractivity contribution in [2.24, 2.45) is 41.2 Å². The Hall–Kier alpha value is -7.42. The van der Waals surface area contributed by atoms with Crippen molar-refractivity contribution in [2.75, 3.05) is 45.9 Å². The van der Waals surface area contributed by atoms with Gasteiger partial charge in [-0.05, 0) is 105 Å². The molecule has 10 amide bonds. The summed E-state index contributed by atoms with van der Waals surface area (Å²) in [5.41, 5.74) is 6.75. The zero-order chi connectivity index (χ0) is 71.0. The van der Waals surface area contributed by atoms with Gasteiger partial charge in [0.05, 0.1) is 59.6 Å². The Morgan fingerprint density at radius 3 is 1.99 bits per heavy atom. The number of aliphatic hydroxyl groups excluding tert-OH is 2. The van der Waals surface area contributed by atoms with E-state index in [2.05, 4.69) is 31.9 Å². The number of hydrogen-bond donors (Lipinski definition) is 9. The Morgan fingerprint density at radius 2 is 1.41 bits per heavy atom. The second-order valence-electron chi connectivity index (χ2n) is 26.2. The molecule has 1 fully saturated rings. The van der Waals surface area contributed by atoms with Gasteiger partial charge < -0.3 is 67.1 Å². The molecule has 1 unspecified atom stereocenters. The fraction of sp³-hybridized carbons (Fsp3) is 0.638. The Balaban J connectivity index is 1.35. The van der Waals surface area contributed by atoms with Gasteiger partial charge in [0.2, 0.25) is 41.4 Å². The third-order valence-electron chi connectivity index (χ3n) is 18.0. The molecule has 0 aromatic heterocycles. The molecule has 0 spiro atoms. The molecule has 10 N–H and O–H groups in total. The van der Waals surface area contributed by atoms with Gasteiger partial charge in [0.25, 0.3) is 0 Å². The summed E-state index contributed by atoms with van der Waals surface area (Å²) in [4.78, 5) is 152. The van der Waals surface area contributed by atoms with Gasteiger partial charge in [-0.2, -0.15) is 0 Å².